The van der Waals surface area contributed by atoms with Crippen LogP contribution in [0.2, 0.25) is 0 Å². The molecule has 0 atom stereocenters. The van der Waals surface area contributed by atoms with Gasteiger partial charge >= 0.3 is 6.36 Å². The number of fused-ring (bicyclic) bond motifs is 1. The number of thiophene rings is 1. The summed E-state index contributed by atoms with van der Waals surface area (Å²) >= 11 is 1.65. The molecule has 0 aliphatic carbocycles. The van der Waals surface area contributed by atoms with Gasteiger partial charge in [0.1, 0.15) is 10.6 Å². The third-order valence-electron chi connectivity index (χ3n) is 5.27. The summed E-state index contributed by atoms with van der Waals surface area (Å²) in [7, 11) is -4.44. The van der Waals surface area contributed by atoms with Gasteiger partial charge < -0.3 is 9.64 Å². The number of hydrogen-bond donors (Lipinski definition) is 1. The summed E-state index contributed by atoms with van der Waals surface area (Å²) in [6.45, 7) is 2.60. The summed E-state index contributed by atoms with van der Waals surface area (Å²) < 4.78 is 70.1. The molecule has 0 fully saturated rings. The lowest BCUT2D eigenvalue weighted by Gasteiger charge is -2.28. The molecule has 2 heterocycles. The van der Waals surface area contributed by atoms with Crippen molar-refractivity contribution in [3.63, 3.8) is 0 Å². The smallest absolute Gasteiger partial charge is 0.404 e. The van der Waals surface area contributed by atoms with Crippen LogP contribution in [0.5, 0.6) is 5.75 Å². The van der Waals surface area contributed by atoms with E-state index in [0.717, 1.165) is 24.1 Å². The van der Waals surface area contributed by atoms with E-state index < -0.39 is 27.0 Å². The molecule has 1 N–H and O–H groups in total. The topological polar surface area (TPSA) is 75.7 Å². The zero-order valence-electron chi connectivity index (χ0n) is 17.3. The van der Waals surface area contributed by atoms with Crippen LogP contribution in [-0.2, 0) is 23.0 Å². The predicted molar refractivity (Wildman–Crippen MR) is 118 cm³/mol. The van der Waals surface area contributed by atoms with E-state index in [1.165, 1.54) is 29.1 Å². The van der Waals surface area contributed by atoms with Crippen LogP contribution >= 0.6 is 11.3 Å². The number of rotatable bonds is 5. The maximum Gasteiger partial charge on any atom is 0.573 e. The summed E-state index contributed by atoms with van der Waals surface area (Å²) in [6, 6.07) is 11.0. The van der Waals surface area contributed by atoms with Gasteiger partial charge in [-0.05, 0) is 60.2 Å². The minimum absolute atomic E-state index is 0.0934. The van der Waals surface area contributed by atoms with E-state index in [1.54, 1.807) is 29.2 Å². The highest BCUT2D eigenvalue weighted by molar-refractivity contribution is 7.92. The number of anilines is 1. The average Bonchev–Trinajstić information content (AvgIpc) is 3.22. The number of alkyl halides is 3. The number of ether oxygens (including phenoxy) is 1. The molecule has 0 bridgehead atoms. The fourth-order valence-electron chi connectivity index (χ4n) is 3.65. The Balaban J connectivity index is 1.61. The Morgan fingerprint density at radius 2 is 1.88 bits per heavy atom. The summed E-state index contributed by atoms with van der Waals surface area (Å²) in [4.78, 5) is 15.4. The Bertz CT molecular complexity index is 1300. The number of carbonyl (C=O) groups is 1. The van der Waals surface area contributed by atoms with Gasteiger partial charge in [0, 0.05) is 23.5 Å². The lowest BCUT2D eigenvalue weighted by molar-refractivity contribution is -0.275. The largest absolute Gasteiger partial charge is 0.573 e. The Morgan fingerprint density at radius 1 is 1.12 bits per heavy atom. The summed E-state index contributed by atoms with van der Waals surface area (Å²) in [5, 5.41) is 1.99. The molecule has 1 aliphatic rings. The third kappa shape index (κ3) is 4.98. The monoisotopic (exact) mass is 496 g/mol. The molecule has 0 saturated heterocycles. The maximum atomic E-state index is 13.2. The molecule has 0 unspecified atom stereocenters. The van der Waals surface area contributed by atoms with Gasteiger partial charge in [0.05, 0.1) is 5.69 Å². The molecule has 33 heavy (non-hydrogen) atoms. The van der Waals surface area contributed by atoms with E-state index in [9.17, 15) is 26.4 Å². The van der Waals surface area contributed by atoms with Crippen LogP contribution in [0.4, 0.5) is 18.9 Å². The van der Waals surface area contributed by atoms with Gasteiger partial charge in [-0.2, -0.15) is 0 Å². The molecule has 1 aromatic heterocycles. The van der Waals surface area contributed by atoms with Gasteiger partial charge in [-0.25, -0.2) is 8.42 Å². The average molecular weight is 497 g/mol. The van der Waals surface area contributed by atoms with Crippen LogP contribution in [0.3, 0.4) is 0 Å². The van der Waals surface area contributed by atoms with Crippen LogP contribution < -0.4 is 9.46 Å². The minimum Gasteiger partial charge on any atom is -0.404 e. The maximum absolute atomic E-state index is 13.2. The SMILES string of the molecule is Cc1c(NS(=O)(=O)c2ccccc2OC(F)(F)F)cccc1C(=O)N1CCc2sccc2C1. The fourth-order valence-corrected chi connectivity index (χ4v) is 5.79. The molecular formula is C22H19F3N2O4S2. The van der Waals surface area contributed by atoms with E-state index in [4.69, 9.17) is 0 Å². The molecule has 0 saturated carbocycles. The number of carbonyl (C=O) groups excluding carboxylic acids is 1. The second kappa shape index (κ2) is 8.71. The van der Waals surface area contributed by atoms with Gasteiger partial charge in [0.25, 0.3) is 15.9 Å². The molecule has 0 spiro atoms. The van der Waals surface area contributed by atoms with E-state index in [0.29, 0.717) is 24.2 Å². The number of amides is 1. The Labute approximate surface area is 192 Å². The number of nitrogens with one attached hydrogen (secondary N) is 1. The molecule has 1 amide bonds. The van der Waals surface area contributed by atoms with Crippen molar-refractivity contribution in [2.75, 3.05) is 11.3 Å². The lowest BCUT2D eigenvalue weighted by Crippen LogP contribution is -2.35. The zero-order chi connectivity index (χ0) is 23.8. The number of halogens is 3. The van der Waals surface area contributed by atoms with Crippen molar-refractivity contribution >= 4 is 33.0 Å². The highest BCUT2D eigenvalue weighted by Crippen LogP contribution is 2.32. The van der Waals surface area contributed by atoms with Gasteiger partial charge in [0.15, 0.2) is 0 Å². The highest BCUT2D eigenvalue weighted by Gasteiger charge is 2.34. The molecule has 0 radical (unpaired) electrons. The first kappa shape index (κ1) is 23.1. The van der Waals surface area contributed by atoms with Crippen molar-refractivity contribution in [1.29, 1.82) is 0 Å². The first-order chi connectivity index (χ1) is 15.5. The van der Waals surface area contributed by atoms with Crippen molar-refractivity contribution in [2.24, 2.45) is 0 Å². The molecule has 2 aromatic carbocycles. The molecule has 1 aliphatic heterocycles. The first-order valence-electron chi connectivity index (χ1n) is 9.87. The molecule has 4 rings (SSSR count). The van der Waals surface area contributed by atoms with Crippen molar-refractivity contribution in [3.8, 4) is 5.75 Å². The molecule has 3 aromatic rings. The zero-order valence-corrected chi connectivity index (χ0v) is 19.0. The van der Waals surface area contributed by atoms with Gasteiger partial charge in [0.2, 0.25) is 0 Å². The van der Waals surface area contributed by atoms with Crippen molar-refractivity contribution in [1.82, 2.24) is 4.90 Å². The van der Waals surface area contributed by atoms with Crippen LogP contribution in [0, 0.1) is 6.92 Å². The van der Waals surface area contributed by atoms with Crippen molar-refractivity contribution in [2.45, 2.75) is 31.1 Å². The number of hydrogen-bond acceptors (Lipinski definition) is 5. The van der Waals surface area contributed by atoms with Crippen molar-refractivity contribution in [3.05, 3.63) is 75.5 Å². The van der Waals surface area contributed by atoms with E-state index in [2.05, 4.69) is 9.46 Å². The number of sulfonamides is 1. The molecule has 174 valence electrons. The number of nitrogens with zero attached hydrogens (tertiary/aromatic N) is 1. The third-order valence-corrected chi connectivity index (χ3v) is 7.70. The van der Waals surface area contributed by atoms with E-state index >= 15 is 0 Å². The van der Waals surface area contributed by atoms with Gasteiger partial charge in [-0.3, -0.25) is 9.52 Å². The van der Waals surface area contributed by atoms with Crippen LogP contribution in [-0.4, -0.2) is 32.1 Å². The second-order valence-corrected chi connectivity index (χ2v) is 10.1. The first-order valence-corrected chi connectivity index (χ1v) is 12.2. The Morgan fingerprint density at radius 3 is 2.64 bits per heavy atom. The summed E-state index contributed by atoms with van der Waals surface area (Å²) in [5.74, 6) is -1.09. The van der Waals surface area contributed by atoms with Crippen LogP contribution in [0.1, 0.15) is 26.4 Å². The van der Waals surface area contributed by atoms with Gasteiger partial charge in [-0.1, -0.05) is 18.2 Å². The summed E-state index contributed by atoms with van der Waals surface area (Å²) in [5.41, 5.74) is 1.87. The Hall–Kier alpha value is -3.05. The van der Waals surface area contributed by atoms with E-state index in [1.807, 2.05) is 11.4 Å². The predicted octanol–water partition coefficient (Wildman–Crippen LogP) is 4.95. The lowest BCUT2D eigenvalue weighted by atomic mass is 10.0. The number of benzene rings is 2. The number of para-hydroxylation sites is 1. The quantitative estimate of drug-likeness (QED) is 0.542. The Kier molecular flexibility index (Phi) is 6.10. The second-order valence-electron chi connectivity index (χ2n) is 7.42. The van der Waals surface area contributed by atoms with Gasteiger partial charge in [-0.15, -0.1) is 24.5 Å². The minimum atomic E-state index is -5.05. The summed E-state index contributed by atoms with van der Waals surface area (Å²) in [6.07, 6.45) is -4.30. The van der Waals surface area contributed by atoms with Crippen molar-refractivity contribution < 1.29 is 31.1 Å². The molecule has 6 nitrogen and oxygen atoms in total. The highest BCUT2D eigenvalue weighted by atomic mass is 32.2. The fraction of sp³-hybridized carbons (Fsp3) is 0.227. The normalized spacial score (nSPS) is 14.0. The molecular weight excluding hydrogens is 477 g/mol. The standard InChI is InChI=1S/C22H19F3N2O4S2/c1-14-16(21(28)27-11-9-19-15(13-27)10-12-32-19)5-4-6-17(14)26-33(29,30)20-8-3-2-7-18(20)31-22(23,24)25/h2-8,10,12,26H,9,11,13H2,1H3. The van der Waals surface area contributed by atoms with E-state index in [-0.39, 0.29) is 11.6 Å². The van der Waals surface area contributed by atoms with Crippen LogP contribution in [0.25, 0.3) is 0 Å². The molecule has 11 heteroatoms. The van der Waals surface area contributed by atoms with Crippen LogP contribution in [0.15, 0.2) is 58.8 Å².